The van der Waals surface area contributed by atoms with Gasteiger partial charge in [0.15, 0.2) is 6.61 Å². The highest BCUT2D eigenvalue weighted by Crippen LogP contribution is 2.23. The Morgan fingerprint density at radius 2 is 1.85 bits per heavy atom. The number of amides is 1. The Labute approximate surface area is 152 Å². The number of nitrogens with one attached hydrogen (secondary N) is 1. The van der Waals surface area contributed by atoms with Crippen molar-refractivity contribution in [1.29, 1.82) is 0 Å². The average Bonchev–Trinajstić information content (AvgIpc) is 2.66. The van der Waals surface area contributed by atoms with Crippen molar-refractivity contribution in [3.8, 4) is 5.75 Å². The van der Waals surface area contributed by atoms with Crippen molar-refractivity contribution in [3.63, 3.8) is 0 Å². The van der Waals surface area contributed by atoms with Crippen LogP contribution in [-0.4, -0.2) is 17.1 Å². The monoisotopic (exact) mass is 350 g/mol. The molecule has 0 radical (unpaired) electrons. The van der Waals surface area contributed by atoms with Gasteiger partial charge in [0.1, 0.15) is 5.75 Å². The molecular weight excluding hydrogens is 328 g/mol. The summed E-state index contributed by atoms with van der Waals surface area (Å²) in [6.45, 7) is 4.92. The van der Waals surface area contributed by atoms with Crippen molar-refractivity contribution >= 4 is 16.7 Å². The number of hydrogen-bond acceptors (Lipinski definition) is 3. The zero-order valence-corrected chi connectivity index (χ0v) is 15.0. The van der Waals surface area contributed by atoms with Crippen molar-refractivity contribution in [2.45, 2.75) is 26.9 Å². The van der Waals surface area contributed by atoms with E-state index in [1.54, 1.807) is 29.0 Å². The summed E-state index contributed by atoms with van der Waals surface area (Å²) in [5.41, 5.74) is 2.16. The first-order valence-electron chi connectivity index (χ1n) is 8.65. The van der Waals surface area contributed by atoms with E-state index >= 15 is 0 Å². The number of pyridine rings is 1. The Kier molecular flexibility index (Phi) is 5.37. The van der Waals surface area contributed by atoms with Crippen LogP contribution in [0.4, 0.5) is 0 Å². The molecule has 134 valence electrons. The number of aromatic nitrogens is 1. The van der Waals surface area contributed by atoms with Gasteiger partial charge in [-0.05, 0) is 37.6 Å². The maximum Gasteiger partial charge on any atom is 0.258 e. The van der Waals surface area contributed by atoms with E-state index in [0.717, 1.165) is 5.56 Å². The van der Waals surface area contributed by atoms with Crippen LogP contribution < -0.4 is 15.6 Å². The second-order valence-corrected chi connectivity index (χ2v) is 6.18. The molecule has 3 aromatic rings. The summed E-state index contributed by atoms with van der Waals surface area (Å²) in [4.78, 5) is 24.4. The highest BCUT2D eigenvalue weighted by Gasteiger charge is 2.09. The third kappa shape index (κ3) is 3.94. The summed E-state index contributed by atoms with van der Waals surface area (Å²) in [6.07, 6.45) is 1.75. The molecule has 2 aromatic carbocycles. The molecule has 0 aliphatic carbocycles. The number of nitrogens with zero attached hydrogens (tertiary/aromatic N) is 1. The zero-order valence-electron chi connectivity index (χ0n) is 15.0. The van der Waals surface area contributed by atoms with Gasteiger partial charge in [-0.3, -0.25) is 9.59 Å². The number of aryl methyl sites for hydroxylation is 2. The molecule has 1 aromatic heterocycles. The van der Waals surface area contributed by atoms with Crippen LogP contribution in [0.15, 0.2) is 59.5 Å². The number of carbonyl (C=O) groups excluding carboxylic acids is 1. The Hall–Kier alpha value is -3.08. The summed E-state index contributed by atoms with van der Waals surface area (Å²) in [5, 5.41) is 4.14. The van der Waals surface area contributed by atoms with Crippen molar-refractivity contribution in [2.75, 3.05) is 6.61 Å². The minimum atomic E-state index is -0.204. The van der Waals surface area contributed by atoms with Crippen LogP contribution in [0.2, 0.25) is 0 Å². The first-order valence-corrected chi connectivity index (χ1v) is 8.65. The topological polar surface area (TPSA) is 60.3 Å². The molecule has 0 unspecified atom stereocenters. The highest BCUT2D eigenvalue weighted by atomic mass is 16.5. The normalized spacial score (nSPS) is 10.7. The Balaban J connectivity index is 1.65. The van der Waals surface area contributed by atoms with E-state index in [1.165, 1.54) is 5.56 Å². The van der Waals surface area contributed by atoms with Crippen molar-refractivity contribution in [1.82, 2.24) is 9.88 Å². The molecule has 5 heteroatoms. The number of hydrogen-bond donors (Lipinski definition) is 1. The molecule has 0 atom stereocenters. The highest BCUT2D eigenvalue weighted by molar-refractivity contribution is 5.88. The molecule has 0 fully saturated rings. The van der Waals surface area contributed by atoms with Crippen LogP contribution in [0.5, 0.6) is 5.75 Å². The Morgan fingerprint density at radius 3 is 2.58 bits per heavy atom. The van der Waals surface area contributed by atoms with Crippen molar-refractivity contribution < 1.29 is 9.53 Å². The SMILES string of the molecule is CCn1ccc2c(OCC(=O)NCc3ccc(C)cc3)cccc2c1=O. The fourth-order valence-electron chi connectivity index (χ4n) is 2.77. The first kappa shape index (κ1) is 17.7. The number of benzene rings is 2. The molecule has 3 rings (SSSR count). The van der Waals surface area contributed by atoms with Crippen LogP contribution in [0.25, 0.3) is 10.8 Å². The molecule has 0 aliphatic heterocycles. The lowest BCUT2D eigenvalue weighted by atomic mass is 10.1. The molecule has 5 nitrogen and oxygen atoms in total. The zero-order chi connectivity index (χ0) is 18.5. The number of fused-ring (bicyclic) bond motifs is 1. The van der Waals surface area contributed by atoms with Gasteiger partial charge in [-0.15, -0.1) is 0 Å². The van der Waals surface area contributed by atoms with Crippen LogP contribution in [0, 0.1) is 6.92 Å². The molecule has 0 aliphatic rings. The molecule has 26 heavy (non-hydrogen) atoms. The predicted molar refractivity (Wildman–Crippen MR) is 102 cm³/mol. The quantitative estimate of drug-likeness (QED) is 0.743. The second kappa shape index (κ2) is 7.87. The van der Waals surface area contributed by atoms with Crippen LogP contribution >= 0.6 is 0 Å². The molecule has 1 amide bonds. The summed E-state index contributed by atoms with van der Waals surface area (Å²) in [5.74, 6) is 0.331. The van der Waals surface area contributed by atoms with E-state index in [0.29, 0.717) is 29.6 Å². The Bertz CT molecular complexity index is 975. The largest absolute Gasteiger partial charge is 0.483 e. The molecule has 1 N–H and O–H groups in total. The van der Waals surface area contributed by atoms with E-state index < -0.39 is 0 Å². The summed E-state index contributed by atoms with van der Waals surface area (Å²) >= 11 is 0. The molecule has 0 bridgehead atoms. The minimum Gasteiger partial charge on any atom is -0.483 e. The predicted octanol–water partition coefficient (Wildman–Crippen LogP) is 3.03. The lowest BCUT2D eigenvalue weighted by Gasteiger charge is -2.11. The van der Waals surface area contributed by atoms with Crippen LogP contribution in [0.1, 0.15) is 18.1 Å². The Morgan fingerprint density at radius 1 is 1.08 bits per heavy atom. The van der Waals surface area contributed by atoms with E-state index in [2.05, 4.69) is 5.32 Å². The van der Waals surface area contributed by atoms with Crippen LogP contribution in [-0.2, 0) is 17.9 Å². The lowest BCUT2D eigenvalue weighted by Crippen LogP contribution is -2.28. The number of ether oxygens (including phenoxy) is 1. The van der Waals surface area contributed by atoms with Gasteiger partial charge >= 0.3 is 0 Å². The van der Waals surface area contributed by atoms with Gasteiger partial charge in [-0.25, -0.2) is 0 Å². The third-order valence-electron chi connectivity index (χ3n) is 4.29. The number of rotatable bonds is 6. The van der Waals surface area contributed by atoms with Crippen molar-refractivity contribution in [2.24, 2.45) is 0 Å². The maximum atomic E-state index is 12.4. The lowest BCUT2D eigenvalue weighted by molar-refractivity contribution is -0.123. The second-order valence-electron chi connectivity index (χ2n) is 6.18. The van der Waals surface area contributed by atoms with Crippen LogP contribution in [0.3, 0.4) is 0 Å². The van der Waals surface area contributed by atoms with Gasteiger partial charge in [0.2, 0.25) is 0 Å². The molecule has 0 saturated carbocycles. The van der Waals surface area contributed by atoms with E-state index in [-0.39, 0.29) is 18.1 Å². The fourth-order valence-corrected chi connectivity index (χ4v) is 2.77. The molecule has 1 heterocycles. The van der Waals surface area contributed by atoms with Crippen molar-refractivity contribution in [3.05, 3.63) is 76.2 Å². The summed E-state index contributed by atoms with van der Waals surface area (Å²) in [6, 6.07) is 15.1. The third-order valence-corrected chi connectivity index (χ3v) is 4.29. The smallest absolute Gasteiger partial charge is 0.258 e. The molecule has 0 spiro atoms. The molecular formula is C21H22N2O3. The summed E-state index contributed by atoms with van der Waals surface area (Å²) < 4.78 is 7.30. The van der Waals surface area contributed by atoms with E-state index in [9.17, 15) is 9.59 Å². The van der Waals surface area contributed by atoms with E-state index in [4.69, 9.17) is 4.74 Å². The van der Waals surface area contributed by atoms with Gasteiger partial charge in [0, 0.05) is 24.7 Å². The van der Waals surface area contributed by atoms with Gasteiger partial charge in [0.25, 0.3) is 11.5 Å². The molecule has 0 saturated heterocycles. The maximum absolute atomic E-state index is 12.4. The van der Waals surface area contributed by atoms with E-state index in [1.807, 2.05) is 44.2 Å². The first-order chi connectivity index (χ1) is 12.6. The van der Waals surface area contributed by atoms with Gasteiger partial charge in [-0.2, -0.15) is 0 Å². The number of carbonyl (C=O) groups is 1. The fraction of sp³-hybridized carbons (Fsp3) is 0.238. The standard InChI is InChI=1S/C21H22N2O3/c1-3-23-12-11-17-18(21(23)25)5-4-6-19(17)26-14-20(24)22-13-16-9-7-15(2)8-10-16/h4-12H,3,13-14H2,1-2H3,(H,22,24). The van der Waals surface area contributed by atoms with Gasteiger partial charge in [-0.1, -0.05) is 35.9 Å². The van der Waals surface area contributed by atoms with Gasteiger partial charge in [0.05, 0.1) is 5.39 Å². The summed E-state index contributed by atoms with van der Waals surface area (Å²) in [7, 11) is 0. The van der Waals surface area contributed by atoms with Gasteiger partial charge < -0.3 is 14.6 Å². The average molecular weight is 350 g/mol. The minimum absolute atomic E-state index is 0.0562.